The molecule has 0 aliphatic carbocycles. The van der Waals surface area contributed by atoms with Gasteiger partial charge >= 0.3 is 5.97 Å². The van der Waals surface area contributed by atoms with E-state index in [4.69, 9.17) is 18.9 Å². The van der Waals surface area contributed by atoms with E-state index in [1.54, 1.807) is 40.6 Å². The molecule has 0 radical (unpaired) electrons. The number of aliphatic carboxylic acids is 1. The Balaban J connectivity index is 1.74. The molecule has 12 heteroatoms. The molecule has 0 bridgehead atoms. The van der Waals surface area contributed by atoms with Crippen molar-refractivity contribution < 1.29 is 28.8 Å². The number of carboxylic acid groups (broad SMARTS) is 1. The number of anilines is 1. The molecule has 204 valence electrons. The summed E-state index contributed by atoms with van der Waals surface area (Å²) in [4.78, 5) is 14.2. The van der Waals surface area contributed by atoms with E-state index >= 15 is 0 Å². The van der Waals surface area contributed by atoms with Crippen LogP contribution in [-0.2, 0) is 4.79 Å². The van der Waals surface area contributed by atoms with Gasteiger partial charge in [-0.1, -0.05) is 0 Å². The molecule has 4 rings (SSSR count). The summed E-state index contributed by atoms with van der Waals surface area (Å²) in [6.07, 6.45) is 0.689. The smallest absolute Gasteiger partial charge is 0.327 e. The zero-order chi connectivity index (χ0) is 27.2. The number of aromatic amines is 1. The fourth-order valence-corrected chi connectivity index (χ4v) is 4.88. The zero-order valence-electron chi connectivity index (χ0n) is 22.2. The van der Waals surface area contributed by atoms with Gasteiger partial charge in [-0.15, -0.1) is 0 Å². The molecule has 1 unspecified atom stereocenters. The van der Waals surface area contributed by atoms with Crippen LogP contribution in [0.25, 0.3) is 22.5 Å². The highest BCUT2D eigenvalue weighted by molar-refractivity contribution is 5.85. The third-order valence-corrected chi connectivity index (χ3v) is 6.68. The van der Waals surface area contributed by atoms with Gasteiger partial charge in [-0.25, -0.2) is 4.79 Å². The second kappa shape index (κ2) is 12.0. The van der Waals surface area contributed by atoms with E-state index in [-0.39, 0.29) is 6.04 Å². The Morgan fingerprint density at radius 1 is 0.974 bits per heavy atom. The standard InChI is InChI=1S/C26H34N6O6/c1-27-9-10-28-17-8-11-32(24(17)26(33)34)18-12-15(6-7-19(18)35-2)22-23(30-31-29-22)16-13-20(36-3)25(38-5)21(14-16)37-4/h6-7,12-14,17,24,27-28H,8-11H2,1-5H3,(H,33,34)(H,29,30,31)/t17?,24-/m0/s1. The number of ether oxygens (including phenoxy) is 4. The molecule has 1 aliphatic heterocycles. The van der Waals surface area contributed by atoms with Crippen LogP contribution in [-0.4, -0.2) is 93.7 Å². The van der Waals surface area contributed by atoms with Gasteiger partial charge in [0.2, 0.25) is 5.75 Å². The van der Waals surface area contributed by atoms with E-state index in [0.717, 1.165) is 12.1 Å². The summed E-state index contributed by atoms with van der Waals surface area (Å²) in [7, 11) is 8.09. The summed E-state index contributed by atoms with van der Waals surface area (Å²) in [5, 5.41) is 28.1. The summed E-state index contributed by atoms with van der Waals surface area (Å²) >= 11 is 0. The molecule has 1 saturated heterocycles. The fraction of sp³-hybridized carbons (Fsp3) is 0.423. The van der Waals surface area contributed by atoms with E-state index in [1.165, 1.54) is 0 Å². The highest BCUT2D eigenvalue weighted by Gasteiger charge is 2.40. The molecule has 4 N–H and O–H groups in total. The number of nitrogens with one attached hydrogen (secondary N) is 3. The van der Waals surface area contributed by atoms with Gasteiger partial charge in [-0.05, 0) is 43.8 Å². The molecule has 1 aromatic heterocycles. The van der Waals surface area contributed by atoms with E-state index < -0.39 is 12.0 Å². The van der Waals surface area contributed by atoms with Crippen LogP contribution in [0.2, 0.25) is 0 Å². The lowest BCUT2D eigenvalue weighted by atomic mass is 10.0. The maximum atomic E-state index is 12.4. The topological polar surface area (TPSA) is 143 Å². The van der Waals surface area contributed by atoms with Crippen LogP contribution in [0.1, 0.15) is 6.42 Å². The fourth-order valence-electron chi connectivity index (χ4n) is 4.88. The van der Waals surface area contributed by atoms with Gasteiger partial charge in [0.1, 0.15) is 23.2 Å². The maximum absolute atomic E-state index is 12.4. The number of hydrogen-bond donors (Lipinski definition) is 4. The minimum absolute atomic E-state index is 0.198. The predicted molar refractivity (Wildman–Crippen MR) is 143 cm³/mol. The van der Waals surface area contributed by atoms with Crippen LogP contribution in [0.4, 0.5) is 5.69 Å². The second-order valence-corrected chi connectivity index (χ2v) is 8.75. The van der Waals surface area contributed by atoms with Crippen molar-refractivity contribution >= 4 is 11.7 Å². The normalized spacial score (nSPS) is 16.9. The molecule has 1 fully saturated rings. The molecule has 1 aliphatic rings. The quantitative estimate of drug-likeness (QED) is 0.257. The number of nitrogens with zero attached hydrogens (tertiary/aromatic N) is 3. The molecule has 12 nitrogen and oxygen atoms in total. The van der Waals surface area contributed by atoms with Crippen molar-refractivity contribution in [1.82, 2.24) is 26.0 Å². The maximum Gasteiger partial charge on any atom is 0.327 e. The van der Waals surface area contributed by atoms with Gasteiger partial charge in [-0.2, -0.15) is 15.4 Å². The Morgan fingerprint density at radius 3 is 2.21 bits per heavy atom. The van der Waals surface area contributed by atoms with Crippen LogP contribution in [0, 0.1) is 0 Å². The first-order chi connectivity index (χ1) is 18.5. The molecule has 2 heterocycles. The average Bonchev–Trinajstić information content (AvgIpc) is 3.60. The summed E-state index contributed by atoms with van der Waals surface area (Å²) in [6, 6.07) is 8.24. The molecular formula is C26H34N6O6. The van der Waals surface area contributed by atoms with E-state index in [2.05, 4.69) is 26.0 Å². The lowest BCUT2D eigenvalue weighted by Gasteiger charge is -2.28. The zero-order valence-corrected chi connectivity index (χ0v) is 22.2. The number of rotatable bonds is 12. The Kier molecular flexibility index (Phi) is 8.54. The molecule has 3 aromatic rings. The number of H-pyrrole nitrogens is 1. The van der Waals surface area contributed by atoms with Crippen LogP contribution in [0.15, 0.2) is 30.3 Å². The van der Waals surface area contributed by atoms with E-state index in [1.807, 2.05) is 30.1 Å². The third kappa shape index (κ3) is 5.18. The average molecular weight is 527 g/mol. The lowest BCUT2D eigenvalue weighted by molar-refractivity contribution is -0.138. The Hall–Kier alpha value is -4.03. The summed E-state index contributed by atoms with van der Waals surface area (Å²) in [5.74, 6) is 1.14. The second-order valence-electron chi connectivity index (χ2n) is 8.75. The van der Waals surface area contributed by atoms with Crippen molar-refractivity contribution in [3.05, 3.63) is 30.3 Å². The molecular weight excluding hydrogens is 492 g/mol. The van der Waals surface area contributed by atoms with E-state index in [0.29, 0.717) is 65.1 Å². The molecule has 0 amide bonds. The lowest BCUT2D eigenvalue weighted by Crippen LogP contribution is -2.49. The van der Waals surface area contributed by atoms with Crippen LogP contribution in [0.5, 0.6) is 23.0 Å². The van der Waals surface area contributed by atoms with Crippen molar-refractivity contribution in [2.24, 2.45) is 0 Å². The summed E-state index contributed by atoms with van der Waals surface area (Å²) in [5.41, 5.74) is 3.28. The van der Waals surface area contributed by atoms with Crippen molar-refractivity contribution in [3.63, 3.8) is 0 Å². The van der Waals surface area contributed by atoms with Crippen LogP contribution < -0.4 is 34.5 Å². The van der Waals surface area contributed by atoms with Crippen molar-refractivity contribution in [2.45, 2.75) is 18.5 Å². The number of carboxylic acids is 1. The first kappa shape index (κ1) is 27.0. The monoisotopic (exact) mass is 526 g/mol. The molecule has 2 aromatic carbocycles. The Labute approximate surface area is 221 Å². The first-order valence-electron chi connectivity index (χ1n) is 12.2. The van der Waals surface area contributed by atoms with Gasteiger partial charge in [0.15, 0.2) is 11.5 Å². The number of carbonyl (C=O) groups is 1. The molecule has 0 saturated carbocycles. The highest BCUT2D eigenvalue weighted by Crippen LogP contribution is 2.43. The summed E-state index contributed by atoms with van der Waals surface area (Å²) < 4.78 is 22.1. The van der Waals surface area contributed by atoms with E-state index in [9.17, 15) is 9.90 Å². The molecule has 0 spiro atoms. The van der Waals surface area contributed by atoms with Gasteiger partial charge in [0, 0.05) is 36.8 Å². The largest absolute Gasteiger partial charge is 0.495 e. The Bertz CT molecular complexity index is 1240. The highest BCUT2D eigenvalue weighted by atomic mass is 16.5. The minimum atomic E-state index is -0.892. The van der Waals surface area contributed by atoms with Crippen LogP contribution in [0.3, 0.4) is 0 Å². The number of benzene rings is 2. The number of methoxy groups -OCH3 is 4. The predicted octanol–water partition coefficient (Wildman–Crippen LogP) is 2.01. The third-order valence-electron chi connectivity index (χ3n) is 6.68. The molecule has 38 heavy (non-hydrogen) atoms. The number of aromatic nitrogens is 3. The van der Waals surface area contributed by atoms with Gasteiger partial charge < -0.3 is 39.6 Å². The minimum Gasteiger partial charge on any atom is -0.495 e. The van der Waals surface area contributed by atoms with Gasteiger partial charge in [0.25, 0.3) is 0 Å². The van der Waals surface area contributed by atoms with Crippen molar-refractivity contribution in [1.29, 1.82) is 0 Å². The number of likely N-dealkylation sites (N-methyl/N-ethyl adjacent to an activating group) is 1. The van der Waals surface area contributed by atoms with Crippen molar-refractivity contribution in [3.8, 4) is 45.5 Å². The molecule has 2 atom stereocenters. The first-order valence-corrected chi connectivity index (χ1v) is 12.2. The summed E-state index contributed by atoms with van der Waals surface area (Å²) in [6.45, 7) is 1.98. The van der Waals surface area contributed by atoms with Crippen LogP contribution >= 0.6 is 0 Å². The SMILES string of the molecule is CNCCNC1CCN(c2cc(-c3n[nH]nc3-c3cc(OC)c(OC)c(OC)c3)ccc2OC)[C@@H]1C(=O)O. The van der Waals surface area contributed by atoms with Gasteiger partial charge in [-0.3, -0.25) is 0 Å². The number of hydrogen-bond acceptors (Lipinski definition) is 10. The Morgan fingerprint density at radius 2 is 1.63 bits per heavy atom. The van der Waals surface area contributed by atoms with Gasteiger partial charge in [0.05, 0.1) is 34.1 Å². The van der Waals surface area contributed by atoms with Crippen molar-refractivity contribution in [2.75, 3.05) is 60.0 Å².